The highest BCUT2D eigenvalue weighted by molar-refractivity contribution is 7.89. The van der Waals surface area contributed by atoms with E-state index in [0.717, 1.165) is 0 Å². The molecule has 0 saturated heterocycles. The third-order valence-electron chi connectivity index (χ3n) is 3.16. The number of amides is 1. The molecule has 6 nitrogen and oxygen atoms in total. The molecule has 0 aliphatic heterocycles. The van der Waals surface area contributed by atoms with Crippen molar-refractivity contribution in [2.24, 2.45) is 5.41 Å². The summed E-state index contributed by atoms with van der Waals surface area (Å²) in [6.07, 6.45) is 0. The molecular formula is C13H21N3O3S. The number of carbonyl (C=O) groups excluding carboxylic acids is 1. The monoisotopic (exact) mass is 299 g/mol. The number of carbonyl (C=O) groups is 1. The zero-order valence-corrected chi connectivity index (χ0v) is 13.0. The van der Waals surface area contributed by atoms with Crippen molar-refractivity contribution in [1.29, 1.82) is 0 Å². The topological polar surface area (TPSA) is 101 Å². The Bertz CT molecular complexity index is 609. The fourth-order valence-corrected chi connectivity index (χ4v) is 3.18. The van der Waals surface area contributed by atoms with Gasteiger partial charge in [-0.1, -0.05) is 6.07 Å². The predicted octanol–water partition coefficient (Wildman–Crippen LogP) is 0.628. The first-order valence-electron chi connectivity index (χ1n) is 6.19. The van der Waals surface area contributed by atoms with Gasteiger partial charge in [0.25, 0.3) is 0 Å². The molecule has 1 rings (SSSR count). The van der Waals surface area contributed by atoms with Crippen LogP contribution >= 0.6 is 0 Å². The lowest BCUT2D eigenvalue weighted by Crippen LogP contribution is -2.43. The molecule has 0 fully saturated rings. The van der Waals surface area contributed by atoms with Crippen molar-refractivity contribution in [3.05, 3.63) is 23.8 Å². The average Bonchev–Trinajstić information content (AvgIpc) is 2.38. The number of nitrogen functional groups attached to an aromatic ring is 1. The van der Waals surface area contributed by atoms with Crippen LogP contribution in [-0.4, -0.2) is 27.9 Å². The summed E-state index contributed by atoms with van der Waals surface area (Å²) in [5, 5.41) is 2.51. The smallest absolute Gasteiger partial charge is 0.240 e. The van der Waals surface area contributed by atoms with Crippen molar-refractivity contribution >= 4 is 21.6 Å². The summed E-state index contributed by atoms with van der Waals surface area (Å²) in [5.41, 5.74) is 5.79. The summed E-state index contributed by atoms with van der Waals surface area (Å²) in [7, 11) is -2.18. The molecule has 0 heterocycles. The molecule has 1 aromatic carbocycles. The van der Waals surface area contributed by atoms with Gasteiger partial charge in [0, 0.05) is 19.3 Å². The first-order valence-corrected chi connectivity index (χ1v) is 7.67. The number of hydrogen-bond donors (Lipinski definition) is 3. The van der Waals surface area contributed by atoms with Gasteiger partial charge < -0.3 is 11.1 Å². The zero-order chi connectivity index (χ0) is 15.6. The van der Waals surface area contributed by atoms with E-state index >= 15 is 0 Å². The highest BCUT2D eigenvalue weighted by atomic mass is 32.2. The fourth-order valence-electron chi connectivity index (χ4n) is 1.69. The van der Waals surface area contributed by atoms with Gasteiger partial charge >= 0.3 is 0 Å². The highest BCUT2D eigenvalue weighted by Gasteiger charge is 2.29. The zero-order valence-electron chi connectivity index (χ0n) is 12.1. The van der Waals surface area contributed by atoms with Crippen molar-refractivity contribution in [1.82, 2.24) is 10.0 Å². The molecule has 0 aliphatic rings. The Balaban J connectivity index is 2.97. The second-order valence-corrected chi connectivity index (χ2v) is 6.99. The largest absolute Gasteiger partial charge is 0.398 e. The van der Waals surface area contributed by atoms with E-state index in [4.69, 9.17) is 5.73 Å². The lowest BCUT2D eigenvalue weighted by molar-refractivity contribution is -0.128. The molecule has 0 aliphatic carbocycles. The molecule has 1 aromatic rings. The molecule has 0 spiro atoms. The SMILES string of the molecule is CNC(=O)C(C)(C)CNS(=O)(=O)c1cccc(N)c1C. The molecule has 112 valence electrons. The summed E-state index contributed by atoms with van der Waals surface area (Å²) in [6.45, 7) is 4.98. The summed E-state index contributed by atoms with van der Waals surface area (Å²) in [4.78, 5) is 11.8. The third kappa shape index (κ3) is 3.49. The van der Waals surface area contributed by atoms with Gasteiger partial charge in [-0.15, -0.1) is 0 Å². The van der Waals surface area contributed by atoms with Gasteiger partial charge in [0.2, 0.25) is 15.9 Å². The maximum atomic E-state index is 12.3. The predicted molar refractivity (Wildman–Crippen MR) is 78.6 cm³/mol. The van der Waals surface area contributed by atoms with Gasteiger partial charge in [0.1, 0.15) is 0 Å². The molecule has 7 heteroatoms. The molecular weight excluding hydrogens is 278 g/mol. The third-order valence-corrected chi connectivity index (χ3v) is 4.71. The van der Waals surface area contributed by atoms with Crippen molar-refractivity contribution < 1.29 is 13.2 Å². The first kappa shape index (κ1) is 16.5. The molecule has 0 radical (unpaired) electrons. The minimum Gasteiger partial charge on any atom is -0.398 e. The van der Waals surface area contributed by atoms with Gasteiger partial charge in [-0.2, -0.15) is 0 Å². The Kier molecular flexibility index (Phi) is 4.77. The van der Waals surface area contributed by atoms with Crippen molar-refractivity contribution in [3.8, 4) is 0 Å². The Labute approximate surface area is 119 Å². The van der Waals surface area contributed by atoms with Crippen LogP contribution in [0.1, 0.15) is 19.4 Å². The molecule has 1 amide bonds. The highest BCUT2D eigenvalue weighted by Crippen LogP contribution is 2.21. The first-order chi connectivity index (χ1) is 9.12. The molecule has 0 aromatic heterocycles. The molecule has 0 atom stereocenters. The fraction of sp³-hybridized carbons (Fsp3) is 0.462. The van der Waals surface area contributed by atoms with E-state index in [1.54, 1.807) is 32.9 Å². The lowest BCUT2D eigenvalue weighted by atomic mass is 9.93. The number of anilines is 1. The number of rotatable bonds is 5. The molecule has 4 N–H and O–H groups in total. The standard InChI is InChI=1S/C13H21N3O3S/c1-9-10(14)6-5-7-11(9)20(18,19)16-8-13(2,3)12(17)15-4/h5-7,16H,8,14H2,1-4H3,(H,15,17). The average molecular weight is 299 g/mol. The Morgan fingerprint density at radius 2 is 1.95 bits per heavy atom. The van der Waals surface area contributed by atoms with Gasteiger partial charge in [-0.3, -0.25) is 4.79 Å². The molecule has 0 saturated carbocycles. The molecule has 20 heavy (non-hydrogen) atoms. The van der Waals surface area contributed by atoms with Crippen LogP contribution in [0.4, 0.5) is 5.69 Å². The van der Waals surface area contributed by atoms with Crippen molar-refractivity contribution in [2.45, 2.75) is 25.7 Å². The Hall–Kier alpha value is -1.60. The maximum absolute atomic E-state index is 12.3. The van der Waals surface area contributed by atoms with Crippen LogP contribution in [0.3, 0.4) is 0 Å². The van der Waals surface area contributed by atoms with E-state index < -0.39 is 15.4 Å². The maximum Gasteiger partial charge on any atom is 0.240 e. The normalized spacial score (nSPS) is 12.2. The summed E-state index contributed by atoms with van der Waals surface area (Å²) < 4.78 is 27.0. The van der Waals surface area contributed by atoms with Crippen molar-refractivity contribution in [3.63, 3.8) is 0 Å². The Morgan fingerprint density at radius 1 is 1.35 bits per heavy atom. The number of hydrogen-bond acceptors (Lipinski definition) is 4. The summed E-state index contributed by atoms with van der Waals surface area (Å²) in [5.74, 6) is -0.232. The minimum absolute atomic E-state index is 0.00322. The Morgan fingerprint density at radius 3 is 2.50 bits per heavy atom. The van der Waals surface area contributed by atoms with E-state index in [1.807, 2.05) is 0 Å². The van der Waals surface area contributed by atoms with Gasteiger partial charge in [-0.05, 0) is 38.5 Å². The van der Waals surface area contributed by atoms with Crippen LogP contribution in [0.5, 0.6) is 0 Å². The van der Waals surface area contributed by atoms with Crippen LogP contribution < -0.4 is 15.8 Å². The van der Waals surface area contributed by atoms with Crippen LogP contribution in [0.2, 0.25) is 0 Å². The van der Waals surface area contributed by atoms with Gasteiger partial charge in [0.15, 0.2) is 0 Å². The lowest BCUT2D eigenvalue weighted by Gasteiger charge is -2.23. The second kappa shape index (κ2) is 5.80. The number of nitrogens with two attached hydrogens (primary N) is 1. The number of nitrogens with one attached hydrogen (secondary N) is 2. The van der Waals surface area contributed by atoms with E-state index in [0.29, 0.717) is 11.3 Å². The van der Waals surface area contributed by atoms with Crippen LogP contribution in [0.15, 0.2) is 23.1 Å². The summed E-state index contributed by atoms with van der Waals surface area (Å²) >= 11 is 0. The quantitative estimate of drug-likeness (QED) is 0.694. The van der Waals surface area contributed by atoms with E-state index in [1.165, 1.54) is 13.1 Å². The van der Waals surface area contributed by atoms with E-state index in [2.05, 4.69) is 10.0 Å². The van der Waals surface area contributed by atoms with Crippen molar-refractivity contribution in [2.75, 3.05) is 19.3 Å². The van der Waals surface area contributed by atoms with E-state index in [9.17, 15) is 13.2 Å². The minimum atomic E-state index is -3.70. The van der Waals surface area contributed by atoms with Crippen LogP contribution in [0, 0.1) is 12.3 Å². The second-order valence-electron chi connectivity index (χ2n) is 5.26. The van der Waals surface area contributed by atoms with Gasteiger partial charge in [0.05, 0.1) is 10.3 Å². The number of sulfonamides is 1. The van der Waals surface area contributed by atoms with E-state index in [-0.39, 0.29) is 17.3 Å². The van der Waals surface area contributed by atoms with Gasteiger partial charge in [-0.25, -0.2) is 13.1 Å². The molecule has 0 unspecified atom stereocenters. The number of benzene rings is 1. The van der Waals surface area contributed by atoms with Crippen LogP contribution in [0.25, 0.3) is 0 Å². The summed E-state index contributed by atoms with van der Waals surface area (Å²) in [6, 6.07) is 4.71. The molecule has 0 bridgehead atoms. The van der Waals surface area contributed by atoms with Crippen LogP contribution in [-0.2, 0) is 14.8 Å².